The highest BCUT2D eigenvalue weighted by Crippen LogP contribution is 2.34. The third kappa shape index (κ3) is 2.96. The zero-order valence-corrected chi connectivity index (χ0v) is 14.0. The number of alkyl halides is 1. The fourth-order valence-corrected chi connectivity index (χ4v) is 2.78. The van der Waals surface area contributed by atoms with E-state index in [0.717, 1.165) is 17.1 Å². The van der Waals surface area contributed by atoms with Gasteiger partial charge in [-0.25, -0.2) is 9.37 Å². The fraction of sp³-hybridized carbons (Fsp3) is 0.389. The van der Waals surface area contributed by atoms with Gasteiger partial charge in [-0.15, -0.1) is 0 Å². The van der Waals surface area contributed by atoms with Crippen LogP contribution in [0, 0.1) is 0 Å². The second-order valence-corrected chi connectivity index (χ2v) is 5.50. The predicted octanol–water partition coefficient (Wildman–Crippen LogP) is 3.96. The van der Waals surface area contributed by atoms with E-state index in [2.05, 4.69) is 11.6 Å². The molecule has 128 valence electrons. The van der Waals surface area contributed by atoms with E-state index in [-0.39, 0.29) is 5.88 Å². The molecule has 0 bridgehead atoms. The molecule has 3 rings (SSSR count). The minimum absolute atomic E-state index is 0.268. The number of halogens is 1. The summed E-state index contributed by atoms with van der Waals surface area (Å²) in [6.45, 7) is 9.09. The zero-order valence-electron chi connectivity index (χ0n) is 14.0. The minimum atomic E-state index is -1.24. The van der Waals surface area contributed by atoms with E-state index in [1.165, 1.54) is 4.90 Å². The van der Waals surface area contributed by atoms with Crippen LogP contribution in [0.25, 0.3) is 11.4 Å². The van der Waals surface area contributed by atoms with Crippen molar-refractivity contribution in [3.05, 3.63) is 42.9 Å². The molecule has 0 amide bonds. The summed E-state index contributed by atoms with van der Waals surface area (Å²) < 4.78 is 27.7. The molecule has 0 N–H and O–H groups in total. The van der Waals surface area contributed by atoms with Crippen LogP contribution in [-0.2, 0) is 11.3 Å². The van der Waals surface area contributed by atoms with Crippen molar-refractivity contribution in [2.24, 2.45) is 0 Å². The van der Waals surface area contributed by atoms with Gasteiger partial charge in [0.15, 0.2) is 18.0 Å². The predicted molar refractivity (Wildman–Crippen MR) is 91.6 cm³/mol. The Balaban J connectivity index is 2.04. The van der Waals surface area contributed by atoms with Crippen LogP contribution in [0.2, 0.25) is 0 Å². The second kappa shape index (κ2) is 6.95. The van der Waals surface area contributed by atoms with Gasteiger partial charge < -0.3 is 14.0 Å². The van der Waals surface area contributed by atoms with Crippen molar-refractivity contribution in [3.8, 4) is 17.1 Å². The van der Waals surface area contributed by atoms with Gasteiger partial charge in [-0.2, -0.15) is 0 Å². The van der Waals surface area contributed by atoms with Crippen molar-refractivity contribution in [1.82, 2.24) is 9.55 Å². The first-order valence-corrected chi connectivity index (χ1v) is 8.20. The smallest absolute Gasteiger partial charge is 0.189 e. The summed E-state index contributed by atoms with van der Waals surface area (Å²) in [4.78, 5) is 6.06. The van der Waals surface area contributed by atoms with Crippen LogP contribution in [-0.4, -0.2) is 29.1 Å². The quantitative estimate of drug-likeness (QED) is 0.593. The monoisotopic (exact) mass is 331 g/mol. The molecule has 1 unspecified atom stereocenters. The fourth-order valence-electron chi connectivity index (χ4n) is 2.78. The standard InChI is InChI=1S/C18H22FN3O2/c1-4-16(19)22(13(3)23-5-2)17-12-21-10-11-24-15-9-7-6-8-14(15)18(21)20-17/h6-9,12,16H,3-5,10-11H2,1-2H3. The Bertz CT molecular complexity index is 729. The van der Waals surface area contributed by atoms with Gasteiger partial charge in [0.2, 0.25) is 0 Å². The Morgan fingerprint density at radius 2 is 2.25 bits per heavy atom. The van der Waals surface area contributed by atoms with Gasteiger partial charge in [-0.1, -0.05) is 19.1 Å². The number of nitrogens with zero attached hydrogens (tertiary/aromatic N) is 3. The van der Waals surface area contributed by atoms with E-state index in [1.807, 2.05) is 42.0 Å². The number of imidazole rings is 1. The van der Waals surface area contributed by atoms with E-state index in [0.29, 0.717) is 32.0 Å². The second-order valence-electron chi connectivity index (χ2n) is 5.50. The van der Waals surface area contributed by atoms with E-state index in [9.17, 15) is 4.39 Å². The highest BCUT2D eigenvalue weighted by Gasteiger charge is 2.26. The number of benzene rings is 1. The number of hydrogen-bond acceptors (Lipinski definition) is 4. The lowest BCUT2D eigenvalue weighted by Crippen LogP contribution is -2.32. The van der Waals surface area contributed by atoms with Crippen molar-refractivity contribution in [1.29, 1.82) is 0 Å². The molecule has 6 heteroatoms. The Morgan fingerprint density at radius 1 is 1.46 bits per heavy atom. The summed E-state index contributed by atoms with van der Waals surface area (Å²) in [6, 6.07) is 7.74. The maximum absolute atomic E-state index is 14.5. The van der Waals surface area contributed by atoms with Crippen LogP contribution in [0.1, 0.15) is 20.3 Å². The molecule has 1 atom stereocenters. The lowest BCUT2D eigenvalue weighted by atomic mass is 10.2. The third-order valence-corrected chi connectivity index (χ3v) is 3.93. The maximum Gasteiger partial charge on any atom is 0.189 e. The van der Waals surface area contributed by atoms with Crippen LogP contribution in [0.15, 0.2) is 42.9 Å². The highest BCUT2D eigenvalue weighted by molar-refractivity contribution is 5.67. The number of ether oxygens (including phenoxy) is 2. The molecule has 5 nitrogen and oxygen atoms in total. The van der Waals surface area contributed by atoms with Crippen LogP contribution in [0.5, 0.6) is 5.75 Å². The third-order valence-electron chi connectivity index (χ3n) is 3.93. The molecular formula is C18H22FN3O2. The SMILES string of the molecule is C=C(OCC)N(c1cn2c(n1)-c1ccccc1OCC2)C(F)CC. The molecule has 1 aliphatic heterocycles. The minimum Gasteiger partial charge on any atom is -0.491 e. The number of hydrogen-bond donors (Lipinski definition) is 0. The van der Waals surface area contributed by atoms with Gasteiger partial charge in [0.25, 0.3) is 0 Å². The molecule has 0 saturated heterocycles. The highest BCUT2D eigenvalue weighted by atomic mass is 19.1. The first-order valence-electron chi connectivity index (χ1n) is 8.20. The van der Waals surface area contributed by atoms with E-state index >= 15 is 0 Å². The van der Waals surface area contributed by atoms with Gasteiger partial charge in [-0.05, 0) is 32.1 Å². The van der Waals surface area contributed by atoms with E-state index < -0.39 is 6.30 Å². The molecule has 1 aromatic carbocycles. The number of aromatic nitrogens is 2. The summed E-state index contributed by atoms with van der Waals surface area (Å²) in [5.41, 5.74) is 0.898. The van der Waals surface area contributed by atoms with Crippen molar-refractivity contribution in [2.45, 2.75) is 33.1 Å². The molecular weight excluding hydrogens is 309 g/mol. The van der Waals surface area contributed by atoms with Crippen molar-refractivity contribution >= 4 is 5.82 Å². The number of para-hydroxylation sites is 1. The van der Waals surface area contributed by atoms with Crippen LogP contribution in [0.3, 0.4) is 0 Å². The summed E-state index contributed by atoms with van der Waals surface area (Å²) in [7, 11) is 0. The first-order chi connectivity index (χ1) is 11.7. The summed E-state index contributed by atoms with van der Waals surface area (Å²) in [5.74, 6) is 2.31. The van der Waals surface area contributed by atoms with Gasteiger partial charge in [0.05, 0.1) is 18.7 Å². The summed E-state index contributed by atoms with van der Waals surface area (Å²) in [6.07, 6.45) is 0.899. The largest absolute Gasteiger partial charge is 0.491 e. The molecule has 2 heterocycles. The van der Waals surface area contributed by atoms with E-state index in [1.54, 1.807) is 6.92 Å². The first kappa shape index (κ1) is 16.4. The van der Waals surface area contributed by atoms with Crippen molar-refractivity contribution in [2.75, 3.05) is 18.1 Å². The molecule has 2 aromatic rings. The average molecular weight is 331 g/mol. The Labute approximate surface area is 141 Å². The molecule has 1 aliphatic rings. The van der Waals surface area contributed by atoms with Crippen molar-refractivity contribution < 1.29 is 13.9 Å². The lowest BCUT2D eigenvalue weighted by molar-refractivity contribution is 0.192. The Morgan fingerprint density at radius 3 is 3.00 bits per heavy atom. The van der Waals surface area contributed by atoms with Gasteiger partial charge in [0, 0.05) is 6.20 Å². The molecule has 0 saturated carbocycles. The summed E-state index contributed by atoms with van der Waals surface area (Å²) in [5, 5.41) is 0. The molecule has 0 spiro atoms. The van der Waals surface area contributed by atoms with Gasteiger partial charge >= 0.3 is 0 Å². The molecule has 0 radical (unpaired) electrons. The van der Waals surface area contributed by atoms with Gasteiger partial charge in [-0.3, -0.25) is 4.90 Å². The average Bonchev–Trinajstić information content (AvgIpc) is 2.91. The Hall–Kier alpha value is -2.50. The normalized spacial score (nSPS) is 14.0. The van der Waals surface area contributed by atoms with Crippen molar-refractivity contribution in [3.63, 3.8) is 0 Å². The van der Waals surface area contributed by atoms with Crippen LogP contribution < -0.4 is 9.64 Å². The van der Waals surface area contributed by atoms with Crippen LogP contribution >= 0.6 is 0 Å². The molecule has 24 heavy (non-hydrogen) atoms. The summed E-state index contributed by atoms with van der Waals surface area (Å²) >= 11 is 0. The maximum atomic E-state index is 14.5. The topological polar surface area (TPSA) is 39.5 Å². The van der Waals surface area contributed by atoms with E-state index in [4.69, 9.17) is 9.47 Å². The Kier molecular flexibility index (Phi) is 4.74. The lowest BCUT2D eigenvalue weighted by Gasteiger charge is -2.26. The number of fused-ring (bicyclic) bond motifs is 3. The molecule has 0 fully saturated rings. The molecule has 1 aromatic heterocycles. The molecule has 0 aliphatic carbocycles. The number of rotatable bonds is 6. The van der Waals surface area contributed by atoms with Gasteiger partial charge in [0.1, 0.15) is 18.2 Å². The number of anilines is 1. The van der Waals surface area contributed by atoms with Crippen LogP contribution in [0.4, 0.5) is 10.2 Å². The zero-order chi connectivity index (χ0) is 17.1.